The van der Waals surface area contributed by atoms with Crippen LogP contribution in [0.1, 0.15) is 27.7 Å². The smallest absolute Gasteiger partial charge is 0.274 e. The highest BCUT2D eigenvalue weighted by Crippen LogP contribution is 2.29. The maximum atomic E-state index is 12.6. The molecule has 0 bridgehead atoms. The van der Waals surface area contributed by atoms with Crippen molar-refractivity contribution in [3.05, 3.63) is 64.1 Å². The molecule has 0 spiro atoms. The number of benzene rings is 1. The molecular formula is C17H19N3O4S. The van der Waals surface area contributed by atoms with Crippen LogP contribution in [0.3, 0.4) is 0 Å². The Morgan fingerprint density at radius 1 is 1.12 bits per heavy atom. The number of aryl methyl sites for hydroxylation is 1. The van der Waals surface area contributed by atoms with Crippen LogP contribution in [-0.2, 0) is 16.9 Å². The van der Waals surface area contributed by atoms with E-state index in [9.17, 15) is 18.0 Å². The Balaban J connectivity index is 1.84. The molecule has 0 radical (unpaired) electrons. The fourth-order valence-corrected chi connectivity index (χ4v) is 4.76. The van der Waals surface area contributed by atoms with E-state index in [1.165, 1.54) is 24.1 Å². The van der Waals surface area contributed by atoms with Gasteiger partial charge < -0.3 is 4.90 Å². The van der Waals surface area contributed by atoms with Gasteiger partial charge in [0, 0.05) is 26.2 Å². The van der Waals surface area contributed by atoms with Crippen molar-refractivity contribution >= 4 is 15.7 Å². The van der Waals surface area contributed by atoms with Crippen LogP contribution in [0.4, 0.5) is 0 Å². The van der Waals surface area contributed by atoms with Crippen LogP contribution in [0, 0.1) is 0 Å². The lowest BCUT2D eigenvalue weighted by atomic mass is 10.1. The fourth-order valence-electron chi connectivity index (χ4n) is 2.97. The average molecular weight is 361 g/mol. The summed E-state index contributed by atoms with van der Waals surface area (Å²) in [5, 5.41) is 3.34. The molecular weight excluding hydrogens is 342 g/mol. The lowest BCUT2D eigenvalue weighted by Crippen LogP contribution is -2.35. The third kappa shape index (κ3) is 3.63. The number of carbonyl (C=O) groups is 1. The molecule has 1 amide bonds. The first-order valence-corrected chi connectivity index (χ1v) is 9.70. The molecule has 2 heterocycles. The number of carbonyl (C=O) groups excluding carboxylic acids is 1. The maximum absolute atomic E-state index is 12.6. The van der Waals surface area contributed by atoms with Crippen molar-refractivity contribution in [1.29, 1.82) is 0 Å². The summed E-state index contributed by atoms with van der Waals surface area (Å²) in [5.41, 5.74) is 0.578. The van der Waals surface area contributed by atoms with Gasteiger partial charge in [0.1, 0.15) is 5.69 Å². The number of aromatic nitrogens is 2. The molecule has 25 heavy (non-hydrogen) atoms. The van der Waals surface area contributed by atoms with E-state index in [1.54, 1.807) is 12.1 Å². The Morgan fingerprint density at radius 3 is 2.52 bits per heavy atom. The molecule has 7 nitrogen and oxygen atoms in total. The van der Waals surface area contributed by atoms with Crippen molar-refractivity contribution in [1.82, 2.24) is 14.7 Å². The van der Waals surface area contributed by atoms with Gasteiger partial charge in [-0.2, -0.15) is 5.10 Å². The zero-order valence-corrected chi connectivity index (χ0v) is 14.6. The molecule has 0 saturated carbocycles. The van der Waals surface area contributed by atoms with Gasteiger partial charge in [-0.25, -0.2) is 13.1 Å². The van der Waals surface area contributed by atoms with Crippen molar-refractivity contribution in [2.24, 2.45) is 7.05 Å². The molecule has 1 aromatic heterocycles. The van der Waals surface area contributed by atoms with Crippen LogP contribution >= 0.6 is 0 Å². The van der Waals surface area contributed by atoms with Gasteiger partial charge in [0.05, 0.1) is 11.0 Å². The fraction of sp³-hybridized carbons (Fsp3) is 0.353. The van der Waals surface area contributed by atoms with Gasteiger partial charge in [-0.15, -0.1) is 0 Å². The quantitative estimate of drug-likeness (QED) is 0.789. The SMILES string of the molecule is Cn1nc(C(=O)N2CCC(c3ccccc3)S(=O)(=O)CC2)ccc1=O. The standard InChI is InChI=1S/C17H19N3O4S/c1-19-16(21)8-7-14(18-19)17(22)20-10-9-15(25(23,24)12-11-20)13-5-3-2-4-6-13/h2-8,15H,9-12H2,1H3. The molecule has 132 valence electrons. The summed E-state index contributed by atoms with van der Waals surface area (Å²) in [6.45, 7) is 0.442. The van der Waals surface area contributed by atoms with Crippen LogP contribution in [0.5, 0.6) is 0 Å². The molecule has 1 aliphatic rings. The van der Waals surface area contributed by atoms with Crippen LogP contribution in [-0.4, -0.2) is 47.8 Å². The normalized spacial score (nSPS) is 20.0. The summed E-state index contributed by atoms with van der Waals surface area (Å²) in [6, 6.07) is 11.7. The minimum atomic E-state index is -3.35. The number of nitrogens with zero attached hydrogens (tertiary/aromatic N) is 3. The second-order valence-corrected chi connectivity index (χ2v) is 8.33. The predicted octanol–water partition coefficient (Wildman–Crippen LogP) is 0.782. The van der Waals surface area contributed by atoms with Crippen LogP contribution < -0.4 is 5.56 Å². The van der Waals surface area contributed by atoms with Crippen LogP contribution in [0.25, 0.3) is 0 Å². The first-order valence-electron chi connectivity index (χ1n) is 7.98. The Kier molecular flexibility index (Phi) is 4.71. The van der Waals surface area contributed by atoms with Gasteiger partial charge >= 0.3 is 0 Å². The maximum Gasteiger partial charge on any atom is 0.274 e. The Labute approximate surface area is 145 Å². The lowest BCUT2D eigenvalue weighted by Gasteiger charge is -2.19. The molecule has 1 aromatic carbocycles. The van der Waals surface area contributed by atoms with Gasteiger partial charge in [0.15, 0.2) is 9.84 Å². The lowest BCUT2D eigenvalue weighted by molar-refractivity contribution is 0.0758. The van der Waals surface area contributed by atoms with Crippen LogP contribution in [0.15, 0.2) is 47.3 Å². The second-order valence-electron chi connectivity index (χ2n) is 6.03. The second kappa shape index (κ2) is 6.79. The van der Waals surface area contributed by atoms with E-state index in [-0.39, 0.29) is 29.5 Å². The van der Waals surface area contributed by atoms with Gasteiger partial charge in [0.2, 0.25) is 0 Å². The topological polar surface area (TPSA) is 89.3 Å². The summed E-state index contributed by atoms with van der Waals surface area (Å²) in [7, 11) is -1.88. The van der Waals surface area contributed by atoms with E-state index in [4.69, 9.17) is 0 Å². The van der Waals surface area contributed by atoms with E-state index < -0.39 is 15.1 Å². The first kappa shape index (κ1) is 17.3. The molecule has 3 rings (SSSR count). The predicted molar refractivity (Wildman–Crippen MR) is 93.0 cm³/mol. The van der Waals surface area contributed by atoms with E-state index in [0.717, 1.165) is 10.2 Å². The zero-order valence-electron chi connectivity index (χ0n) is 13.8. The average Bonchev–Trinajstić information content (AvgIpc) is 2.75. The number of rotatable bonds is 2. The van der Waals surface area contributed by atoms with Gasteiger partial charge in [-0.1, -0.05) is 30.3 Å². The summed E-state index contributed by atoms with van der Waals surface area (Å²) >= 11 is 0. The molecule has 8 heteroatoms. The third-order valence-electron chi connectivity index (χ3n) is 4.38. The molecule has 1 atom stereocenters. The largest absolute Gasteiger partial charge is 0.336 e. The Bertz CT molecular complexity index is 938. The molecule has 0 aliphatic carbocycles. The van der Waals surface area contributed by atoms with Gasteiger partial charge in [0.25, 0.3) is 11.5 Å². The number of sulfone groups is 1. The highest BCUT2D eigenvalue weighted by molar-refractivity contribution is 7.91. The first-order chi connectivity index (χ1) is 11.9. The number of hydrogen-bond donors (Lipinski definition) is 0. The molecule has 0 N–H and O–H groups in total. The van der Waals surface area contributed by atoms with E-state index >= 15 is 0 Å². The molecule has 1 fully saturated rings. The summed E-state index contributed by atoms with van der Waals surface area (Å²) < 4.78 is 26.3. The summed E-state index contributed by atoms with van der Waals surface area (Å²) in [5.74, 6) is -0.455. The minimum Gasteiger partial charge on any atom is -0.336 e. The Morgan fingerprint density at radius 2 is 1.84 bits per heavy atom. The minimum absolute atomic E-state index is 0.0932. The van der Waals surface area contributed by atoms with E-state index in [0.29, 0.717) is 13.0 Å². The highest BCUT2D eigenvalue weighted by atomic mass is 32.2. The van der Waals surface area contributed by atoms with E-state index in [1.807, 2.05) is 18.2 Å². The molecule has 1 unspecified atom stereocenters. The number of hydrogen-bond acceptors (Lipinski definition) is 5. The molecule has 1 aliphatic heterocycles. The van der Waals surface area contributed by atoms with Gasteiger partial charge in [-0.3, -0.25) is 9.59 Å². The summed E-state index contributed by atoms with van der Waals surface area (Å²) in [4.78, 5) is 25.5. The van der Waals surface area contributed by atoms with Crippen molar-refractivity contribution in [2.75, 3.05) is 18.8 Å². The van der Waals surface area contributed by atoms with Crippen molar-refractivity contribution in [2.45, 2.75) is 11.7 Å². The highest BCUT2D eigenvalue weighted by Gasteiger charge is 2.33. The zero-order chi connectivity index (χ0) is 18.0. The van der Waals surface area contributed by atoms with Crippen molar-refractivity contribution in [3.63, 3.8) is 0 Å². The van der Waals surface area contributed by atoms with Crippen molar-refractivity contribution in [3.8, 4) is 0 Å². The third-order valence-corrected chi connectivity index (χ3v) is 6.51. The molecule has 1 saturated heterocycles. The van der Waals surface area contributed by atoms with Crippen molar-refractivity contribution < 1.29 is 13.2 Å². The molecule has 2 aromatic rings. The van der Waals surface area contributed by atoms with Crippen LogP contribution in [0.2, 0.25) is 0 Å². The number of amides is 1. The summed E-state index contributed by atoms with van der Waals surface area (Å²) in [6.07, 6.45) is 0.337. The van der Waals surface area contributed by atoms with E-state index in [2.05, 4.69) is 5.10 Å². The monoisotopic (exact) mass is 361 g/mol. The van der Waals surface area contributed by atoms with Gasteiger partial charge in [-0.05, 0) is 18.1 Å². The Hall–Kier alpha value is -2.48.